The summed E-state index contributed by atoms with van der Waals surface area (Å²) in [5.41, 5.74) is 2.05. The summed E-state index contributed by atoms with van der Waals surface area (Å²) in [5.74, 6) is 0.473. The number of benzene rings is 1. The number of hydrogen-bond donors (Lipinski definition) is 3. The highest BCUT2D eigenvalue weighted by Gasteiger charge is 2.14. The second-order valence-corrected chi connectivity index (χ2v) is 7.40. The van der Waals surface area contributed by atoms with Crippen LogP contribution in [0.4, 0.5) is 5.69 Å². The second-order valence-electron chi connectivity index (χ2n) is 7.40. The largest absolute Gasteiger partial charge is 0.350 e. The lowest BCUT2D eigenvalue weighted by Crippen LogP contribution is -3.12. The van der Waals surface area contributed by atoms with E-state index in [4.69, 9.17) is 0 Å². The van der Waals surface area contributed by atoms with Gasteiger partial charge in [0.05, 0.1) is 26.2 Å². The molecule has 0 heterocycles. The molecule has 2 amide bonds. The number of quaternary nitrogens is 1. The fourth-order valence-corrected chi connectivity index (χ4v) is 2.92. The number of carbonyl (C=O) groups is 2. The van der Waals surface area contributed by atoms with Crippen molar-refractivity contribution in [1.29, 1.82) is 0 Å². The minimum absolute atomic E-state index is 0.0192. The number of nitrogens with one attached hydrogen (secondary N) is 3. The van der Waals surface area contributed by atoms with Crippen molar-refractivity contribution in [2.24, 2.45) is 5.92 Å². The van der Waals surface area contributed by atoms with Crippen LogP contribution < -0.4 is 15.5 Å². The van der Waals surface area contributed by atoms with Crippen LogP contribution in [0.25, 0.3) is 0 Å². The highest BCUT2D eigenvalue weighted by molar-refractivity contribution is 5.91. The van der Waals surface area contributed by atoms with Gasteiger partial charge in [-0.25, -0.2) is 0 Å². The number of likely N-dealkylation sites (N-methyl/N-ethyl adjacent to an activating group) is 1. The predicted octanol–water partition coefficient (Wildman–Crippen LogP) is 2.21. The van der Waals surface area contributed by atoms with Gasteiger partial charge in [0.25, 0.3) is 0 Å². The van der Waals surface area contributed by atoms with Gasteiger partial charge in [0, 0.05) is 18.5 Å². The molecule has 1 atom stereocenters. The minimum atomic E-state index is -0.0461. The summed E-state index contributed by atoms with van der Waals surface area (Å²) in [7, 11) is 0. The molecular weight excluding hydrogens is 326 g/mol. The van der Waals surface area contributed by atoms with E-state index in [0.717, 1.165) is 25.3 Å². The van der Waals surface area contributed by atoms with E-state index in [1.165, 1.54) is 10.5 Å². The molecule has 1 rings (SSSR count). The summed E-state index contributed by atoms with van der Waals surface area (Å²) < 4.78 is 0. The molecule has 0 spiro atoms. The lowest BCUT2D eigenvalue weighted by atomic mass is 10.0. The Labute approximate surface area is 158 Å². The van der Waals surface area contributed by atoms with Crippen molar-refractivity contribution in [2.75, 3.05) is 31.5 Å². The summed E-state index contributed by atoms with van der Waals surface area (Å²) in [6.45, 7) is 14.3. The molecule has 3 N–H and O–H groups in total. The molecule has 0 unspecified atom stereocenters. The van der Waals surface area contributed by atoms with E-state index < -0.39 is 0 Å². The number of rotatable bonds is 11. The van der Waals surface area contributed by atoms with Crippen LogP contribution in [0.15, 0.2) is 24.3 Å². The quantitative estimate of drug-likeness (QED) is 0.565. The molecule has 26 heavy (non-hydrogen) atoms. The van der Waals surface area contributed by atoms with Gasteiger partial charge < -0.3 is 15.5 Å². The molecule has 0 aliphatic rings. The number of hydrogen-bond acceptors (Lipinski definition) is 2. The summed E-state index contributed by atoms with van der Waals surface area (Å²) in [5, 5.41) is 5.87. The van der Waals surface area contributed by atoms with E-state index >= 15 is 0 Å². The van der Waals surface area contributed by atoms with E-state index in [1.54, 1.807) is 0 Å². The maximum absolute atomic E-state index is 12.2. The van der Waals surface area contributed by atoms with Crippen molar-refractivity contribution in [3.63, 3.8) is 0 Å². The zero-order chi connectivity index (χ0) is 19.5. The van der Waals surface area contributed by atoms with Crippen LogP contribution in [0.2, 0.25) is 0 Å². The standard InChI is InChI=1S/C21H35N3O2/c1-6-24(7-2)13-12-22-20(25)14-17(5)15-21(26)23-19-10-8-18(9-11-19)16(3)4/h8-11,16-17H,6-7,12-15H2,1-5H3,(H,22,25)(H,23,26)/p+1/t17-/m1/s1. The van der Waals surface area contributed by atoms with Crippen molar-refractivity contribution in [3.8, 4) is 0 Å². The van der Waals surface area contributed by atoms with Crippen molar-refractivity contribution < 1.29 is 14.5 Å². The lowest BCUT2D eigenvalue weighted by molar-refractivity contribution is -0.895. The fourth-order valence-electron chi connectivity index (χ4n) is 2.92. The number of amides is 2. The fraction of sp³-hybridized carbons (Fsp3) is 0.619. The third kappa shape index (κ3) is 8.48. The van der Waals surface area contributed by atoms with Gasteiger partial charge in [0.1, 0.15) is 0 Å². The van der Waals surface area contributed by atoms with Gasteiger partial charge in [-0.15, -0.1) is 0 Å². The van der Waals surface area contributed by atoms with E-state index in [2.05, 4.69) is 38.3 Å². The van der Waals surface area contributed by atoms with Gasteiger partial charge in [-0.3, -0.25) is 9.59 Å². The summed E-state index contributed by atoms with van der Waals surface area (Å²) >= 11 is 0. The smallest absolute Gasteiger partial charge is 0.224 e. The first-order valence-corrected chi connectivity index (χ1v) is 9.85. The van der Waals surface area contributed by atoms with Crippen LogP contribution in [0, 0.1) is 5.92 Å². The molecule has 1 aromatic carbocycles. The van der Waals surface area contributed by atoms with Gasteiger partial charge in [-0.1, -0.05) is 32.9 Å². The zero-order valence-electron chi connectivity index (χ0n) is 17.0. The van der Waals surface area contributed by atoms with Crippen LogP contribution in [-0.4, -0.2) is 38.0 Å². The molecule has 0 aromatic heterocycles. The van der Waals surface area contributed by atoms with Crippen molar-refractivity contribution in [3.05, 3.63) is 29.8 Å². The highest BCUT2D eigenvalue weighted by Crippen LogP contribution is 2.18. The molecule has 5 heteroatoms. The maximum Gasteiger partial charge on any atom is 0.224 e. The van der Waals surface area contributed by atoms with Gasteiger partial charge in [0.2, 0.25) is 11.8 Å². The first-order valence-electron chi connectivity index (χ1n) is 9.85. The van der Waals surface area contributed by atoms with Gasteiger partial charge >= 0.3 is 0 Å². The van der Waals surface area contributed by atoms with E-state index in [1.807, 2.05) is 31.2 Å². The maximum atomic E-state index is 12.2. The Balaban J connectivity index is 2.31. The van der Waals surface area contributed by atoms with Crippen LogP contribution in [0.1, 0.15) is 58.9 Å². The third-order valence-electron chi connectivity index (χ3n) is 4.73. The van der Waals surface area contributed by atoms with E-state index in [-0.39, 0.29) is 17.7 Å². The number of carbonyl (C=O) groups excluding carboxylic acids is 2. The lowest BCUT2D eigenvalue weighted by Gasteiger charge is -2.16. The average Bonchev–Trinajstić information content (AvgIpc) is 2.58. The second kappa shape index (κ2) is 11.7. The summed E-state index contributed by atoms with van der Waals surface area (Å²) in [6.07, 6.45) is 0.730. The van der Waals surface area contributed by atoms with Crippen molar-refractivity contribution >= 4 is 17.5 Å². The minimum Gasteiger partial charge on any atom is -0.350 e. The van der Waals surface area contributed by atoms with Gasteiger partial charge in [0.15, 0.2) is 0 Å². The Hall–Kier alpha value is -1.88. The monoisotopic (exact) mass is 362 g/mol. The van der Waals surface area contributed by atoms with Gasteiger partial charge in [-0.05, 0) is 43.4 Å². The molecular formula is C21H36N3O2+. The molecule has 0 saturated heterocycles. The van der Waals surface area contributed by atoms with E-state index in [0.29, 0.717) is 25.3 Å². The molecule has 0 radical (unpaired) electrons. The van der Waals surface area contributed by atoms with E-state index in [9.17, 15) is 9.59 Å². The Bertz CT molecular complexity index is 551. The summed E-state index contributed by atoms with van der Waals surface area (Å²) in [4.78, 5) is 25.6. The molecule has 5 nitrogen and oxygen atoms in total. The Morgan fingerprint density at radius 3 is 2.08 bits per heavy atom. The molecule has 146 valence electrons. The normalized spacial score (nSPS) is 12.3. The highest BCUT2D eigenvalue weighted by atomic mass is 16.2. The molecule has 0 aliphatic heterocycles. The SMILES string of the molecule is CC[NH+](CC)CCNC(=O)C[C@@H](C)CC(=O)Nc1ccc(C(C)C)cc1. The van der Waals surface area contributed by atoms with Crippen LogP contribution in [0.5, 0.6) is 0 Å². The van der Waals surface area contributed by atoms with Crippen molar-refractivity contribution in [1.82, 2.24) is 5.32 Å². The average molecular weight is 363 g/mol. The molecule has 0 fully saturated rings. The molecule has 0 bridgehead atoms. The van der Waals surface area contributed by atoms with Crippen LogP contribution in [-0.2, 0) is 9.59 Å². The first kappa shape index (κ1) is 22.2. The molecule has 0 aliphatic carbocycles. The third-order valence-corrected chi connectivity index (χ3v) is 4.73. The molecule has 1 aromatic rings. The Morgan fingerprint density at radius 2 is 1.54 bits per heavy atom. The zero-order valence-corrected chi connectivity index (χ0v) is 17.0. The molecule has 0 saturated carbocycles. The van der Waals surface area contributed by atoms with Crippen LogP contribution in [0.3, 0.4) is 0 Å². The number of anilines is 1. The topological polar surface area (TPSA) is 62.6 Å². The van der Waals surface area contributed by atoms with Gasteiger partial charge in [-0.2, -0.15) is 0 Å². The Kier molecular flexibility index (Phi) is 9.96. The van der Waals surface area contributed by atoms with Crippen molar-refractivity contribution in [2.45, 2.75) is 53.4 Å². The first-order chi connectivity index (χ1) is 12.3. The summed E-state index contributed by atoms with van der Waals surface area (Å²) in [6, 6.07) is 7.93. The Morgan fingerprint density at radius 1 is 0.962 bits per heavy atom. The predicted molar refractivity (Wildman–Crippen MR) is 107 cm³/mol. The van der Waals surface area contributed by atoms with Crippen LogP contribution >= 0.6 is 0 Å².